The number of nitrogens with one attached hydrogen (secondary N) is 1. The molecule has 0 unspecified atom stereocenters. The minimum atomic E-state index is -0.554. The minimum absolute atomic E-state index is 0.227. The van der Waals surface area contributed by atoms with E-state index in [2.05, 4.69) is 12.2 Å². The molecule has 0 saturated carbocycles. The van der Waals surface area contributed by atoms with E-state index >= 15 is 0 Å². The predicted molar refractivity (Wildman–Crippen MR) is 93.2 cm³/mol. The van der Waals surface area contributed by atoms with E-state index in [0.29, 0.717) is 29.7 Å². The van der Waals surface area contributed by atoms with Crippen LogP contribution in [0.25, 0.3) is 0 Å². The molecule has 5 nitrogen and oxygen atoms in total. The van der Waals surface area contributed by atoms with Crippen molar-refractivity contribution < 1.29 is 14.3 Å². The zero-order chi connectivity index (χ0) is 17.1. The van der Waals surface area contributed by atoms with Crippen molar-refractivity contribution >= 4 is 17.5 Å². The molecule has 0 spiro atoms. The number of carbonyl (C=O) groups is 1. The van der Waals surface area contributed by atoms with Crippen molar-refractivity contribution in [1.82, 2.24) is 5.32 Å². The Morgan fingerprint density at radius 3 is 2.65 bits per heavy atom. The number of primary amides is 1. The number of benzene rings is 1. The molecule has 0 aliphatic heterocycles. The second-order valence-electron chi connectivity index (χ2n) is 5.33. The molecule has 130 valence electrons. The number of carbonyl (C=O) groups excluding carboxylic acids is 1. The number of rotatable bonds is 12. The Kier molecular flexibility index (Phi) is 9.48. The third kappa shape index (κ3) is 7.57. The lowest BCUT2D eigenvalue weighted by Crippen LogP contribution is -2.20. The standard InChI is InChI=1S/C17H27ClN2O3/c1-3-5-6-7-8-20-11-13-9-14(18)17(23-12-16(19)21)15(10-13)22-4-2/h9-10,20H,3-8,11-12H2,1-2H3,(H2,19,21). The van der Waals surface area contributed by atoms with Gasteiger partial charge in [-0.05, 0) is 37.6 Å². The van der Waals surface area contributed by atoms with Crippen LogP contribution in [-0.2, 0) is 11.3 Å². The first-order chi connectivity index (χ1) is 11.1. The van der Waals surface area contributed by atoms with Crippen molar-refractivity contribution in [3.05, 3.63) is 22.7 Å². The predicted octanol–water partition coefficient (Wildman–Crippen LogP) is 3.27. The van der Waals surface area contributed by atoms with Crippen LogP contribution >= 0.6 is 11.6 Å². The van der Waals surface area contributed by atoms with Gasteiger partial charge in [0.2, 0.25) is 0 Å². The van der Waals surface area contributed by atoms with Crippen molar-refractivity contribution in [2.75, 3.05) is 19.8 Å². The van der Waals surface area contributed by atoms with Gasteiger partial charge in [0.25, 0.3) is 5.91 Å². The van der Waals surface area contributed by atoms with Crippen LogP contribution in [-0.4, -0.2) is 25.7 Å². The van der Waals surface area contributed by atoms with Gasteiger partial charge in [-0.3, -0.25) is 4.79 Å². The van der Waals surface area contributed by atoms with Gasteiger partial charge < -0.3 is 20.5 Å². The molecule has 0 radical (unpaired) electrons. The lowest BCUT2D eigenvalue weighted by molar-refractivity contribution is -0.119. The summed E-state index contributed by atoms with van der Waals surface area (Å²) in [7, 11) is 0. The number of hydrogen-bond acceptors (Lipinski definition) is 4. The molecule has 0 atom stereocenters. The van der Waals surface area contributed by atoms with Gasteiger partial charge in [0.15, 0.2) is 18.1 Å². The number of unbranched alkanes of at least 4 members (excludes halogenated alkanes) is 3. The molecule has 0 aliphatic carbocycles. The summed E-state index contributed by atoms with van der Waals surface area (Å²) in [6.45, 7) is 6.02. The summed E-state index contributed by atoms with van der Waals surface area (Å²) in [6, 6.07) is 3.70. The Hall–Kier alpha value is -1.46. The van der Waals surface area contributed by atoms with Gasteiger partial charge in [-0.1, -0.05) is 37.8 Å². The van der Waals surface area contributed by atoms with E-state index in [9.17, 15) is 4.79 Å². The van der Waals surface area contributed by atoms with E-state index < -0.39 is 5.91 Å². The van der Waals surface area contributed by atoms with Gasteiger partial charge in [-0.25, -0.2) is 0 Å². The number of ether oxygens (including phenoxy) is 2. The van der Waals surface area contributed by atoms with Gasteiger partial charge >= 0.3 is 0 Å². The molecule has 1 aromatic carbocycles. The summed E-state index contributed by atoms with van der Waals surface area (Å²) in [5.41, 5.74) is 6.12. The molecule has 0 aromatic heterocycles. The molecule has 0 bridgehead atoms. The molecule has 1 rings (SSSR count). The summed E-state index contributed by atoms with van der Waals surface area (Å²) in [6.07, 6.45) is 4.92. The Morgan fingerprint density at radius 1 is 1.22 bits per heavy atom. The largest absolute Gasteiger partial charge is 0.490 e. The highest BCUT2D eigenvalue weighted by Gasteiger charge is 2.13. The molecule has 3 N–H and O–H groups in total. The summed E-state index contributed by atoms with van der Waals surface area (Å²) >= 11 is 6.25. The average molecular weight is 343 g/mol. The highest BCUT2D eigenvalue weighted by atomic mass is 35.5. The van der Waals surface area contributed by atoms with Crippen molar-refractivity contribution in [3.8, 4) is 11.5 Å². The molecule has 6 heteroatoms. The van der Waals surface area contributed by atoms with Crippen LogP contribution in [0.15, 0.2) is 12.1 Å². The topological polar surface area (TPSA) is 73.6 Å². The summed E-state index contributed by atoms with van der Waals surface area (Å²) < 4.78 is 10.9. The number of halogens is 1. The molecule has 1 aromatic rings. The molecule has 1 amide bonds. The second kappa shape index (κ2) is 11.1. The van der Waals surface area contributed by atoms with Crippen LogP contribution in [0.1, 0.15) is 45.1 Å². The fraction of sp³-hybridized carbons (Fsp3) is 0.588. The van der Waals surface area contributed by atoms with Gasteiger partial charge in [-0.2, -0.15) is 0 Å². The van der Waals surface area contributed by atoms with Crippen LogP contribution in [0.5, 0.6) is 11.5 Å². The van der Waals surface area contributed by atoms with Gasteiger partial charge in [0.05, 0.1) is 11.6 Å². The molecule has 23 heavy (non-hydrogen) atoms. The SMILES string of the molecule is CCCCCCNCc1cc(Cl)c(OCC(N)=O)c(OCC)c1. The first-order valence-corrected chi connectivity index (χ1v) is 8.53. The molecular formula is C17H27ClN2O3. The lowest BCUT2D eigenvalue weighted by Gasteiger charge is -2.15. The van der Waals surface area contributed by atoms with Gasteiger partial charge in [0, 0.05) is 6.54 Å². The monoisotopic (exact) mass is 342 g/mol. The van der Waals surface area contributed by atoms with E-state index in [0.717, 1.165) is 12.1 Å². The van der Waals surface area contributed by atoms with Crippen LogP contribution < -0.4 is 20.5 Å². The quantitative estimate of drug-likeness (QED) is 0.572. The Morgan fingerprint density at radius 2 is 2.00 bits per heavy atom. The zero-order valence-electron chi connectivity index (χ0n) is 14.0. The normalized spacial score (nSPS) is 10.6. The zero-order valence-corrected chi connectivity index (χ0v) is 14.7. The van der Waals surface area contributed by atoms with Crippen molar-refractivity contribution in [2.45, 2.75) is 46.1 Å². The first-order valence-electron chi connectivity index (χ1n) is 8.15. The van der Waals surface area contributed by atoms with Crippen molar-refractivity contribution in [1.29, 1.82) is 0 Å². The Balaban J connectivity index is 2.65. The number of hydrogen-bond donors (Lipinski definition) is 2. The van der Waals surface area contributed by atoms with Crippen LogP contribution in [0.3, 0.4) is 0 Å². The molecular weight excluding hydrogens is 316 g/mol. The summed E-state index contributed by atoms with van der Waals surface area (Å²) in [5, 5.41) is 3.81. The van der Waals surface area contributed by atoms with E-state index in [4.69, 9.17) is 26.8 Å². The number of nitrogens with two attached hydrogens (primary N) is 1. The summed E-state index contributed by atoms with van der Waals surface area (Å²) in [5.74, 6) is 0.337. The third-order valence-electron chi connectivity index (χ3n) is 3.26. The summed E-state index contributed by atoms with van der Waals surface area (Å²) in [4.78, 5) is 10.9. The minimum Gasteiger partial charge on any atom is -0.490 e. The van der Waals surface area contributed by atoms with E-state index in [1.165, 1.54) is 25.7 Å². The Labute approximate surface area is 143 Å². The Bertz CT molecular complexity index is 495. The van der Waals surface area contributed by atoms with E-state index in [1.54, 1.807) is 0 Å². The third-order valence-corrected chi connectivity index (χ3v) is 3.54. The van der Waals surface area contributed by atoms with Gasteiger partial charge in [-0.15, -0.1) is 0 Å². The van der Waals surface area contributed by atoms with Crippen molar-refractivity contribution in [2.24, 2.45) is 5.73 Å². The maximum absolute atomic E-state index is 10.9. The fourth-order valence-electron chi connectivity index (χ4n) is 2.18. The van der Waals surface area contributed by atoms with E-state index in [1.807, 2.05) is 19.1 Å². The van der Waals surface area contributed by atoms with Crippen molar-refractivity contribution in [3.63, 3.8) is 0 Å². The highest BCUT2D eigenvalue weighted by Crippen LogP contribution is 2.36. The lowest BCUT2D eigenvalue weighted by atomic mass is 10.2. The fourth-order valence-corrected chi connectivity index (χ4v) is 2.47. The first kappa shape index (κ1) is 19.6. The smallest absolute Gasteiger partial charge is 0.255 e. The molecule has 0 fully saturated rings. The second-order valence-corrected chi connectivity index (χ2v) is 5.74. The highest BCUT2D eigenvalue weighted by molar-refractivity contribution is 6.32. The average Bonchev–Trinajstić information content (AvgIpc) is 2.50. The van der Waals surface area contributed by atoms with Crippen LogP contribution in [0, 0.1) is 0 Å². The molecule has 0 aliphatic rings. The van der Waals surface area contributed by atoms with Crippen LogP contribution in [0.2, 0.25) is 5.02 Å². The maximum Gasteiger partial charge on any atom is 0.255 e. The maximum atomic E-state index is 10.9. The van der Waals surface area contributed by atoms with Crippen LogP contribution in [0.4, 0.5) is 0 Å². The molecule has 0 saturated heterocycles. The van der Waals surface area contributed by atoms with E-state index in [-0.39, 0.29) is 6.61 Å². The number of amides is 1. The van der Waals surface area contributed by atoms with Gasteiger partial charge in [0.1, 0.15) is 0 Å². The molecule has 0 heterocycles.